The van der Waals surface area contributed by atoms with E-state index in [-0.39, 0.29) is 90.2 Å². The van der Waals surface area contributed by atoms with E-state index in [1.165, 1.54) is 0 Å². The number of ether oxygens (including phenoxy) is 6. The second-order valence-electron chi connectivity index (χ2n) is 18.3. The fraction of sp³-hybridized carbons (Fsp3) is 0.414. The number of hydrogen-bond donors (Lipinski definition) is 3. The molecule has 13 heteroatoms. The minimum atomic E-state index is -1.53. The largest absolute Gasteiger partial charge is 0.459 e. The molecule has 5 aromatic carbocycles. The molecule has 5 aromatic rings. The Kier molecular flexibility index (Phi) is 18.7. The molecule has 1 saturated carbocycles. The summed E-state index contributed by atoms with van der Waals surface area (Å²) >= 11 is 0. The van der Waals surface area contributed by atoms with Gasteiger partial charge in [-0.15, -0.1) is 6.58 Å². The van der Waals surface area contributed by atoms with Crippen molar-refractivity contribution in [1.82, 2.24) is 4.90 Å². The zero-order valence-corrected chi connectivity index (χ0v) is 40.5. The van der Waals surface area contributed by atoms with Crippen molar-refractivity contribution in [2.75, 3.05) is 59.4 Å². The summed E-state index contributed by atoms with van der Waals surface area (Å²) < 4.78 is 39.1. The SMILES string of the molecule is C=CCO[C@@]12Oc3ccc(Oc4ccc5ccccc5c4)cc3[C@H]3[C@H](CCCCO)[C@@H](CCCCO)C=C(C(=NOCc4ccccc4)C[C@@H]1N(CCOCCO)C(=O)OCCOCc1ccccc1)[C@H]32. The van der Waals surface area contributed by atoms with Gasteiger partial charge in [-0.25, -0.2) is 4.79 Å². The Balaban J connectivity index is 1.25. The number of carbonyl (C=O) groups is 1. The first-order chi connectivity index (χ1) is 35.0. The molecule has 0 aromatic heterocycles. The Morgan fingerprint density at radius 3 is 2.20 bits per heavy atom. The van der Waals surface area contributed by atoms with Gasteiger partial charge < -0.3 is 48.6 Å². The summed E-state index contributed by atoms with van der Waals surface area (Å²) in [6, 6.07) is 38.9. The third-order valence-electron chi connectivity index (χ3n) is 13.7. The molecule has 3 N–H and O–H groups in total. The van der Waals surface area contributed by atoms with E-state index < -0.39 is 23.8 Å². The predicted molar refractivity (Wildman–Crippen MR) is 272 cm³/mol. The number of fused-ring (bicyclic) bond motifs is 3. The highest BCUT2D eigenvalue weighted by Gasteiger charge is 2.65. The third kappa shape index (κ3) is 12.7. The number of oxime groups is 1. The van der Waals surface area contributed by atoms with Gasteiger partial charge in [0.05, 0.1) is 51.3 Å². The molecule has 0 saturated heterocycles. The van der Waals surface area contributed by atoms with Gasteiger partial charge >= 0.3 is 6.09 Å². The molecule has 1 fully saturated rings. The van der Waals surface area contributed by atoms with Gasteiger partial charge in [-0.2, -0.15) is 0 Å². The van der Waals surface area contributed by atoms with Crippen LogP contribution in [0.1, 0.15) is 67.6 Å². The van der Waals surface area contributed by atoms with E-state index >= 15 is 0 Å². The van der Waals surface area contributed by atoms with Crippen LogP contribution < -0.4 is 9.47 Å². The molecule has 1 amide bonds. The minimum absolute atomic E-state index is 0.000410. The van der Waals surface area contributed by atoms with Gasteiger partial charge in [-0.05, 0) is 95.3 Å². The Morgan fingerprint density at radius 1 is 0.746 bits per heavy atom. The van der Waals surface area contributed by atoms with E-state index in [4.69, 9.17) is 38.4 Å². The lowest BCUT2D eigenvalue weighted by Gasteiger charge is -2.59. The standard InChI is InChI=1S/C58H68N2O11/c1-2-31-68-58-54(60(27-32-65-33-30-63)57(64)67-35-34-66-40-42-15-5-3-6-16-42)39-52(59-69-41-43-17-7-4-8-18-43)50-37-46(21-11-13-28-61)49(22-12-14-29-62)55(56(50)58)51-38-48(25-26-53(51)71-58)70-47-24-23-44-19-9-10-20-45(44)36-47/h2-10,15-20,23-26,36-38,46,49,54-56,61-63H,1,11-14,21-22,27-35,39-41H2/t46-,49+,54-,55+,56+,58+/m0/s1. The van der Waals surface area contributed by atoms with E-state index in [1.54, 1.807) is 11.0 Å². The van der Waals surface area contributed by atoms with Crippen molar-refractivity contribution in [3.63, 3.8) is 0 Å². The molecule has 0 radical (unpaired) electrons. The van der Waals surface area contributed by atoms with Crippen molar-refractivity contribution in [1.29, 1.82) is 0 Å². The summed E-state index contributed by atoms with van der Waals surface area (Å²) in [5, 5.41) is 36.9. The summed E-state index contributed by atoms with van der Waals surface area (Å²) in [5.41, 5.74) is 4.43. The number of allylic oxidation sites excluding steroid dienone is 1. The Hall–Kier alpha value is -6.06. The van der Waals surface area contributed by atoms with Crippen LogP contribution in [0.2, 0.25) is 0 Å². The first-order valence-corrected chi connectivity index (χ1v) is 25.1. The van der Waals surface area contributed by atoms with E-state index in [0.29, 0.717) is 42.4 Å². The van der Waals surface area contributed by atoms with Gasteiger partial charge in [0.15, 0.2) is 0 Å². The van der Waals surface area contributed by atoms with Crippen LogP contribution in [0.5, 0.6) is 17.2 Å². The molecule has 6 atom stereocenters. The number of nitrogens with zero attached hydrogens (tertiary/aromatic N) is 2. The van der Waals surface area contributed by atoms with Gasteiger partial charge in [0, 0.05) is 37.7 Å². The van der Waals surface area contributed by atoms with Crippen molar-refractivity contribution >= 4 is 22.6 Å². The topological polar surface area (TPSA) is 158 Å². The first-order valence-electron chi connectivity index (χ1n) is 25.1. The maximum Gasteiger partial charge on any atom is 0.410 e. The van der Waals surface area contributed by atoms with E-state index in [1.807, 2.05) is 97.1 Å². The van der Waals surface area contributed by atoms with Crippen molar-refractivity contribution in [3.05, 3.63) is 162 Å². The van der Waals surface area contributed by atoms with Gasteiger partial charge in [-0.1, -0.05) is 121 Å². The van der Waals surface area contributed by atoms with E-state index in [9.17, 15) is 20.1 Å². The number of aliphatic hydroxyl groups is 3. The maximum atomic E-state index is 14.8. The lowest BCUT2D eigenvalue weighted by atomic mass is 9.55. The van der Waals surface area contributed by atoms with Gasteiger partial charge in [0.1, 0.15) is 36.5 Å². The summed E-state index contributed by atoms with van der Waals surface area (Å²) in [6.07, 6.45) is 7.98. The average molecular weight is 969 g/mol. The molecular formula is C58H68N2O11. The molecule has 1 aliphatic heterocycles. The zero-order valence-electron chi connectivity index (χ0n) is 40.5. The number of unbranched alkanes of at least 4 members (excludes halogenated alkanes) is 2. The lowest BCUT2D eigenvalue weighted by Crippen LogP contribution is -2.70. The second-order valence-corrected chi connectivity index (χ2v) is 18.3. The normalized spacial score (nSPS) is 21.6. The fourth-order valence-corrected chi connectivity index (χ4v) is 10.6. The maximum absolute atomic E-state index is 14.8. The number of hydrogen-bond acceptors (Lipinski definition) is 12. The highest BCUT2D eigenvalue weighted by molar-refractivity contribution is 6.03. The van der Waals surface area contributed by atoms with Crippen LogP contribution in [0.15, 0.2) is 151 Å². The van der Waals surface area contributed by atoms with Crippen molar-refractivity contribution in [2.24, 2.45) is 22.9 Å². The van der Waals surface area contributed by atoms with Crippen LogP contribution in [0.25, 0.3) is 10.8 Å². The smallest absolute Gasteiger partial charge is 0.410 e. The van der Waals surface area contributed by atoms with Crippen molar-refractivity contribution in [2.45, 2.75) is 75.9 Å². The average Bonchev–Trinajstić information content (AvgIpc) is 3.40. The number of carbonyl (C=O) groups excluding carboxylic acids is 1. The molecule has 1 heterocycles. The Morgan fingerprint density at radius 2 is 1.45 bits per heavy atom. The molecule has 0 spiro atoms. The number of benzene rings is 5. The number of amides is 1. The van der Waals surface area contributed by atoms with Crippen molar-refractivity contribution < 1.29 is 53.4 Å². The van der Waals surface area contributed by atoms with E-state index in [0.717, 1.165) is 58.7 Å². The molecule has 13 nitrogen and oxygen atoms in total. The highest BCUT2D eigenvalue weighted by atomic mass is 16.7. The molecule has 8 rings (SSSR count). The van der Waals surface area contributed by atoms with Gasteiger partial charge in [0.25, 0.3) is 0 Å². The molecule has 0 bridgehead atoms. The van der Waals surface area contributed by atoms with Crippen molar-refractivity contribution in [3.8, 4) is 17.2 Å². The quantitative estimate of drug-likeness (QED) is 0.0261. The zero-order chi connectivity index (χ0) is 49.3. The molecule has 376 valence electrons. The van der Waals surface area contributed by atoms with Crippen LogP contribution in [-0.2, 0) is 37.0 Å². The van der Waals surface area contributed by atoms with Crippen LogP contribution in [0.3, 0.4) is 0 Å². The summed E-state index contributed by atoms with van der Waals surface area (Å²) in [4.78, 5) is 22.7. The summed E-state index contributed by atoms with van der Waals surface area (Å²) in [5.74, 6) is -0.407. The second kappa shape index (κ2) is 25.9. The Bertz CT molecular complexity index is 2540. The molecule has 0 unspecified atom stereocenters. The summed E-state index contributed by atoms with van der Waals surface area (Å²) in [7, 11) is 0. The first kappa shape index (κ1) is 51.3. The predicted octanol–water partition coefficient (Wildman–Crippen LogP) is 10.1. The third-order valence-corrected chi connectivity index (χ3v) is 13.7. The Labute approximate surface area is 417 Å². The molecule has 71 heavy (non-hydrogen) atoms. The minimum Gasteiger partial charge on any atom is -0.459 e. The molecular weight excluding hydrogens is 901 g/mol. The molecule has 3 aliphatic rings. The summed E-state index contributed by atoms with van der Waals surface area (Å²) in [6.45, 7) is 5.09. The highest BCUT2D eigenvalue weighted by Crippen LogP contribution is 2.62. The monoisotopic (exact) mass is 968 g/mol. The lowest BCUT2D eigenvalue weighted by molar-refractivity contribution is -0.256. The van der Waals surface area contributed by atoms with Crippen LogP contribution in [-0.4, -0.2) is 103 Å². The number of rotatable bonds is 27. The van der Waals surface area contributed by atoms with E-state index in [2.05, 4.69) is 36.9 Å². The fourth-order valence-electron chi connectivity index (χ4n) is 10.6. The van der Waals surface area contributed by atoms with Gasteiger partial charge in [0.2, 0.25) is 5.79 Å². The molecule has 2 aliphatic carbocycles. The van der Waals surface area contributed by atoms with Crippen LogP contribution in [0, 0.1) is 17.8 Å². The van der Waals surface area contributed by atoms with Crippen LogP contribution >= 0.6 is 0 Å². The number of aliphatic hydroxyl groups excluding tert-OH is 3. The van der Waals surface area contributed by atoms with Crippen LogP contribution in [0.4, 0.5) is 4.79 Å². The van der Waals surface area contributed by atoms with Gasteiger partial charge in [-0.3, -0.25) is 4.90 Å².